The largest absolute Gasteiger partial charge is 0.370 e. The van der Waals surface area contributed by atoms with Crippen LogP contribution in [0.1, 0.15) is 28.1 Å². The maximum Gasteiger partial charge on any atom is 0.322 e. The van der Waals surface area contributed by atoms with Crippen molar-refractivity contribution in [3.05, 3.63) is 81.4 Å². The zero-order valence-corrected chi connectivity index (χ0v) is 18.2. The molecule has 0 saturated carbocycles. The van der Waals surface area contributed by atoms with Gasteiger partial charge in [0.2, 0.25) is 0 Å². The topological polar surface area (TPSA) is 59.4 Å². The van der Waals surface area contributed by atoms with Crippen molar-refractivity contribution in [1.82, 2.24) is 14.7 Å². The van der Waals surface area contributed by atoms with Crippen LogP contribution < -0.4 is 5.32 Å². The van der Waals surface area contributed by atoms with Gasteiger partial charge in [0.25, 0.3) is 0 Å². The Kier molecular flexibility index (Phi) is 6.25. The molecule has 1 aliphatic heterocycles. The average Bonchev–Trinajstić information content (AvgIpc) is 3.06. The molecule has 2 aromatic carbocycles. The molecule has 4 rings (SSSR count). The third-order valence-corrected chi connectivity index (χ3v) is 5.84. The molecule has 2 amide bonds. The summed E-state index contributed by atoms with van der Waals surface area (Å²) in [5.41, 5.74) is 5.29. The third kappa shape index (κ3) is 4.89. The van der Waals surface area contributed by atoms with Crippen molar-refractivity contribution in [2.75, 3.05) is 11.9 Å². The maximum atomic E-state index is 13.3. The number of aromatic nitrogens is 2. The fourth-order valence-electron chi connectivity index (χ4n) is 3.72. The Balaban J connectivity index is 1.41. The molecule has 0 unspecified atom stereocenters. The first kappa shape index (κ1) is 21.3. The fourth-order valence-corrected chi connectivity index (χ4v) is 3.90. The lowest BCUT2D eigenvalue weighted by Gasteiger charge is -2.28. The Morgan fingerprint density at radius 2 is 2.10 bits per heavy atom. The van der Waals surface area contributed by atoms with Gasteiger partial charge in [0, 0.05) is 42.0 Å². The molecule has 3 aromatic rings. The van der Waals surface area contributed by atoms with Crippen LogP contribution in [0.2, 0.25) is 5.02 Å². The molecule has 0 atom stereocenters. The zero-order chi connectivity index (χ0) is 22.0. The van der Waals surface area contributed by atoms with Crippen LogP contribution in [0, 0.1) is 12.7 Å². The van der Waals surface area contributed by atoms with E-state index < -0.39 is 0 Å². The number of halogens is 2. The number of aryl methyl sites for hydroxylation is 2. The number of benzene rings is 2. The lowest BCUT2D eigenvalue weighted by Crippen LogP contribution is -2.39. The van der Waals surface area contributed by atoms with Crippen LogP contribution in [-0.4, -0.2) is 27.3 Å². The monoisotopic (exact) mass is 442 g/mol. The van der Waals surface area contributed by atoms with Gasteiger partial charge in [-0.15, -0.1) is 0 Å². The minimum Gasteiger partial charge on any atom is -0.370 e. The third-order valence-electron chi connectivity index (χ3n) is 5.43. The van der Waals surface area contributed by atoms with E-state index in [4.69, 9.17) is 16.3 Å². The summed E-state index contributed by atoms with van der Waals surface area (Å²) in [6.07, 6.45) is 0.713. The summed E-state index contributed by atoms with van der Waals surface area (Å²) in [7, 11) is 1.90. The highest BCUT2D eigenvalue weighted by Gasteiger charge is 2.26. The second kappa shape index (κ2) is 9.08. The van der Waals surface area contributed by atoms with Crippen molar-refractivity contribution >= 4 is 23.3 Å². The Labute approximate surface area is 185 Å². The van der Waals surface area contributed by atoms with Crippen LogP contribution in [0.3, 0.4) is 0 Å². The Bertz CT molecular complexity index is 1110. The number of carbonyl (C=O) groups is 1. The molecular formula is C23H24ClFN4O2. The summed E-state index contributed by atoms with van der Waals surface area (Å²) >= 11 is 6.16. The first-order valence-electron chi connectivity index (χ1n) is 10.1. The van der Waals surface area contributed by atoms with E-state index in [1.54, 1.807) is 17.0 Å². The standard InChI is InChI=1S/C23H24ClFN4O2/c1-15-6-7-18(11-20(15)24)26-23(30)29-9-8-22-19(12-29)21(27-28(22)2)14-31-13-16-4-3-5-17(25)10-16/h3-7,10-11H,8-9,12-14H2,1-2H3,(H,26,30). The van der Waals surface area contributed by atoms with Gasteiger partial charge in [-0.2, -0.15) is 5.10 Å². The molecule has 31 heavy (non-hydrogen) atoms. The average molecular weight is 443 g/mol. The highest BCUT2D eigenvalue weighted by Crippen LogP contribution is 2.25. The number of anilines is 1. The molecule has 0 fully saturated rings. The SMILES string of the molecule is Cc1ccc(NC(=O)N2CCc3c(c(COCc4cccc(F)c4)nn3C)C2)cc1Cl. The second-order valence-corrected chi connectivity index (χ2v) is 8.09. The predicted octanol–water partition coefficient (Wildman–Crippen LogP) is 4.83. The number of hydrogen-bond donors (Lipinski definition) is 1. The number of nitrogens with one attached hydrogen (secondary N) is 1. The molecule has 8 heteroatoms. The normalized spacial score (nSPS) is 13.2. The summed E-state index contributed by atoms with van der Waals surface area (Å²) in [6, 6.07) is 11.6. The minimum atomic E-state index is -0.284. The van der Waals surface area contributed by atoms with Gasteiger partial charge in [0.15, 0.2) is 0 Å². The molecule has 0 aliphatic carbocycles. The molecule has 0 saturated heterocycles. The van der Waals surface area contributed by atoms with Crippen molar-refractivity contribution in [1.29, 1.82) is 0 Å². The van der Waals surface area contributed by atoms with E-state index in [9.17, 15) is 9.18 Å². The van der Waals surface area contributed by atoms with E-state index in [2.05, 4.69) is 10.4 Å². The molecule has 1 aliphatic rings. The number of fused-ring (bicyclic) bond motifs is 1. The summed E-state index contributed by atoms with van der Waals surface area (Å²) in [4.78, 5) is 14.6. The van der Waals surface area contributed by atoms with Crippen LogP contribution in [0.4, 0.5) is 14.9 Å². The van der Waals surface area contributed by atoms with Crippen LogP contribution in [-0.2, 0) is 38.0 Å². The number of amides is 2. The lowest BCUT2D eigenvalue weighted by molar-refractivity contribution is 0.103. The van der Waals surface area contributed by atoms with Gasteiger partial charge in [-0.3, -0.25) is 4.68 Å². The summed E-state index contributed by atoms with van der Waals surface area (Å²) < 4.78 is 21.0. The van der Waals surface area contributed by atoms with Crippen LogP contribution in [0.25, 0.3) is 0 Å². The quantitative estimate of drug-likeness (QED) is 0.615. The van der Waals surface area contributed by atoms with Crippen LogP contribution in [0.5, 0.6) is 0 Å². The molecular weight excluding hydrogens is 419 g/mol. The summed E-state index contributed by atoms with van der Waals surface area (Å²) in [5.74, 6) is -0.284. The molecule has 1 N–H and O–H groups in total. The van der Waals surface area contributed by atoms with Gasteiger partial charge >= 0.3 is 6.03 Å². The van der Waals surface area contributed by atoms with Gasteiger partial charge in [-0.05, 0) is 42.3 Å². The van der Waals surface area contributed by atoms with E-state index >= 15 is 0 Å². The molecule has 0 radical (unpaired) electrons. The minimum absolute atomic E-state index is 0.180. The first-order chi connectivity index (χ1) is 14.9. The molecule has 2 heterocycles. The van der Waals surface area contributed by atoms with E-state index in [-0.39, 0.29) is 11.8 Å². The predicted molar refractivity (Wildman–Crippen MR) is 117 cm³/mol. The molecule has 1 aromatic heterocycles. The molecule has 6 nitrogen and oxygen atoms in total. The maximum absolute atomic E-state index is 13.3. The van der Waals surface area contributed by atoms with E-state index in [0.717, 1.165) is 28.1 Å². The fraction of sp³-hybridized carbons (Fsp3) is 0.304. The van der Waals surface area contributed by atoms with E-state index in [0.29, 0.717) is 43.4 Å². The Morgan fingerprint density at radius 1 is 1.26 bits per heavy atom. The highest BCUT2D eigenvalue weighted by atomic mass is 35.5. The molecule has 0 bridgehead atoms. The van der Waals surface area contributed by atoms with Crippen LogP contribution in [0.15, 0.2) is 42.5 Å². The van der Waals surface area contributed by atoms with Crippen molar-refractivity contribution in [3.63, 3.8) is 0 Å². The van der Waals surface area contributed by atoms with Gasteiger partial charge in [-0.1, -0.05) is 29.8 Å². The van der Waals surface area contributed by atoms with E-state index in [1.165, 1.54) is 12.1 Å². The Hall–Kier alpha value is -2.90. The zero-order valence-electron chi connectivity index (χ0n) is 17.5. The highest BCUT2D eigenvalue weighted by molar-refractivity contribution is 6.31. The van der Waals surface area contributed by atoms with Crippen molar-refractivity contribution in [2.45, 2.75) is 33.1 Å². The van der Waals surface area contributed by atoms with Gasteiger partial charge in [-0.25, -0.2) is 9.18 Å². The van der Waals surface area contributed by atoms with Crippen molar-refractivity contribution < 1.29 is 13.9 Å². The summed E-state index contributed by atoms with van der Waals surface area (Å²) in [5, 5.41) is 8.11. The van der Waals surface area contributed by atoms with Gasteiger partial charge in [0.1, 0.15) is 5.82 Å². The first-order valence-corrected chi connectivity index (χ1v) is 10.5. The number of urea groups is 1. The Morgan fingerprint density at radius 3 is 2.87 bits per heavy atom. The number of hydrogen-bond acceptors (Lipinski definition) is 3. The molecule has 0 spiro atoms. The number of rotatable bonds is 5. The molecule has 162 valence electrons. The van der Waals surface area contributed by atoms with Gasteiger partial charge in [0.05, 0.1) is 25.5 Å². The second-order valence-electron chi connectivity index (χ2n) is 7.68. The van der Waals surface area contributed by atoms with Crippen molar-refractivity contribution in [2.24, 2.45) is 7.05 Å². The smallest absolute Gasteiger partial charge is 0.322 e. The van der Waals surface area contributed by atoms with Crippen molar-refractivity contribution in [3.8, 4) is 0 Å². The number of nitrogens with zero attached hydrogens (tertiary/aromatic N) is 3. The van der Waals surface area contributed by atoms with Gasteiger partial charge < -0.3 is 15.0 Å². The van der Waals surface area contributed by atoms with Crippen LogP contribution >= 0.6 is 11.6 Å². The lowest BCUT2D eigenvalue weighted by atomic mass is 10.1. The number of carbonyl (C=O) groups excluding carboxylic acids is 1. The van der Waals surface area contributed by atoms with E-state index in [1.807, 2.05) is 36.9 Å². The summed E-state index contributed by atoms with van der Waals surface area (Å²) in [6.45, 7) is 3.55. The number of ether oxygens (including phenoxy) is 1.